The lowest BCUT2D eigenvalue weighted by molar-refractivity contribution is -0.991. The number of amidine groups is 1. The van der Waals surface area contributed by atoms with E-state index in [9.17, 15) is 10.0 Å². The van der Waals surface area contributed by atoms with Crippen LogP contribution in [0.25, 0.3) is 0 Å². The maximum Gasteiger partial charge on any atom is 0.173 e. The number of ketones is 1. The molecule has 0 aliphatic heterocycles. The number of aliphatic imine (C=N–C) groups is 1. The summed E-state index contributed by atoms with van der Waals surface area (Å²) in [6, 6.07) is 15.1. The number of nitrogens with two attached hydrogens (primary N) is 1. The Hall–Kier alpha value is -2.19. The van der Waals surface area contributed by atoms with Gasteiger partial charge >= 0.3 is 0 Å². The van der Waals surface area contributed by atoms with Gasteiger partial charge in [0.2, 0.25) is 0 Å². The highest BCUT2D eigenvalue weighted by molar-refractivity contribution is 8.14. The van der Waals surface area contributed by atoms with Crippen LogP contribution in [0.2, 0.25) is 0 Å². The second-order valence-corrected chi connectivity index (χ2v) is 5.38. The zero-order valence-corrected chi connectivity index (χ0v) is 12.4. The molecule has 0 aliphatic rings. The molecule has 2 aromatic rings. The van der Waals surface area contributed by atoms with Gasteiger partial charge in [0.05, 0.1) is 11.4 Å². The maximum atomic E-state index is 11.9. The Morgan fingerprint density at radius 2 is 1.95 bits per heavy atom. The fraction of sp³-hybridized carbons (Fsp3) is 0.0667. The number of carbonyl (C=O) groups excluding carboxylic acids is 1. The van der Waals surface area contributed by atoms with Gasteiger partial charge in [-0.1, -0.05) is 48.2 Å². The van der Waals surface area contributed by atoms with E-state index in [2.05, 4.69) is 4.99 Å². The second kappa shape index (κ2) is 7.71. The van der Waals surface area contributed by atoms with Crippen molar-refractivity contribution < 1.29 is 15.2 Å². The number of Topliss-reactive ketones (excluding diaryl/α,β-unsaturated/α-hetero) is 1. The van der Waals surface area contributed by atoms with Crippen LogP contribution in [0.5, 0.6) is 0 Å². The SMILES string of the molecule is NC(=Nc1cccc([NH+]([O-])O)c1)SCC(=O)c1ccccc1. The van der Waals surface area contributed by atoms with Crippen molar-refractivity contribution in [2.75, 3.05) is 5.75 Å². The summed E-state index contributed by atoms with van der Waals surface area (Å²) in [4.78, 5) is 16.0. The van der Waals surface area contributed by atoms with Crippen molar-refractivity contribution in [1.29, 1.82) is 0 Å². The van der Waals surface area contributed by atoms with E-state index in [1.54, 1.807) is 36.4 Å². The molecule has 0 fully saturated rings. The number of carbonyl (C=O) groups is 1. The smallest absolute Gasteiger partial charge is 0.173 e. The van der Waals surface area contributed by atoms with Gasteiger partial charge in [0.15, 0.2) is 16.6 Å². The molecule has 0 aromatic heterocycles. The summed E-state index contributed by atoms with van der Waals surface area (Å²) >= 11 is 1.12. The molecular formula is C15H15N3O3S. The lowest BCUT2D eigenvalue weighted by Gasteiger charge is -2.11. The Labute approximate surface area is 131 Å². The van der Waals surface area contributed by atoms with Crippen molar-refractivity contribution >= 4 is 34.1 Å². The van der Waals surface area contributed by atoms with Crippen molar-refractivity contribution in [2.45, 2.75) is 0 Å². The van der Waals surface area contributed by atoms with Crippen LogP contribution in [0.15, 0.2) is 59.6 Å². The van der Waals surface area contributed by atoms with Gasteiger partial charge in [0.1, 0.15) is 0 Å². The second-order valence-electron chi connectivity index (χ2n) is 4.38. The number of hydrogen-bond acceptors (Lipinski definition) is 5. The van der Waals surface area contributed by atoms with Crippen LogP contribution >= 0.6 is 11.8 Å². The largest absolute Gasteiger partial charge is 0.595 e. The van der Waals surface area contributed by atoms with Crippen LogP contribution in [0.3, 0.4) is 0 Å². The average molecular weight is 317 g/mol. The minimum Gasteiger partial charge on any atom is -0.595 e. The molecule has 22 heavy (non-hydrogen) atoms. The monoisotopic (exact) mass is 317 g/mol. The topological polar surface area (TPSA) is 103 Å². The molecule has 114 valence electrons. The first-order chi connectivity index (χ1) is 10.6. The van der Waals surface area contributed by atoms with Crippen molar-refractivity contribution in [2.24, 2.45) is 10.7 Å². The fourth-order valence-corrected chi connectivity index (χ4v) is 2.33. The fourth-order valence-electron chi connectivity index (χ4n) is 1.71. The Balaban J connectivity index is 1.98. The highest BCUT2D eigenvalue weighted by Gasteiger charge is 2.07. The number of thioether (sulfide) groups is 1. The quantitative estimate of drug-likeness (QED) is 0.337. The third-order valence-corrected chi connectivity index (χ3v) is 3.57. The van der Waals surface area contributed by atoms with Gasteiger partial charge in [-0.15, -0.1) is 0 Å². The summed E-state index contributed by atoms with van der Waals surface area (Å²) in [5, 5.41) is 19.0. The van der Waals surface area contributed by atoms with Gasteiger partial charge in [-0.25, -0.2) is 10.2 Å². The predicted octanol–water partition coefficient (Wildman–Crippen LogP) is 1.65. The zero-order valence-electron chi connectivity index (χ0n) is 11.6. The molecule has 0 bridgehead atoms. The first-order valence-electron chi connectivity index (χ1n) is 6.45. The number of nitrogens with zero attached hydrogens (tertiary/aromatic N) is 1. The molecule has 0 saturated carbocycles. The van der Waals surface area contributed by atoms with Crippen molar-refractivity contribution in [1.82, 2.24) is 0 Å². The molecular weight excluding hydrogens is 302 g/mol. The molecule has 0 amide bonds. The molecule has 7 heteroatoms. The highest BCUT2D eigenvalue weighted by Crippen LogP contribution is 2.17. The van der Waals surface area contributed by atoms with E-state index in [4.69, 9.17) is 10.9 Å². The molecule has 0 heterocycles. The number of quaternary nitrogens is 1. The summed E-state index contributed by atoms with van der Waals surface area (Å²) in [6.07, 6.45) is 0. The molecule has 1 atom stereocenters. The van der Waals surface area contributed by atoms with Crippen molar-refractivity contribution in [3.8, 4) is 0 Å². The van der Waals surface area contributed by atoms with Crippen LogP contribution in [-0.4, -0.2) is 21.9 Å². The van der Waals surface area contributed by atoms with Crippen LogP contribution in [0.1, 0.15) is 10.4 Å². The molecule has 6 nitrogen and oxygen atoms in total. The molecule has 0 saturated heterocycles. The van der Waals surface area contributed by atoms with Crippen molar-refractivity contribution in [3.05, 3.63) is 65.4 Å². The number of benzene rings is 2. The molecule has 2 rings (SSSR count). The number of rotatable bonds is 5. The van der Waals surface area contributed by atoms with Gasteiger partial charge in [-0.3, -0.25) is 4.79 Å². The van der Waals surface area contributed by atoms with Gasteiger partial charge in [-0.05, 0) is 6.07 Å². The minimum absolute atomic E-state index is 0.0389. The zero-order chi connectivity index (χ0) is 15.9. The van der Waals surface area contributed by atoms with E-state index in [-0.39, 0.29) is 22.4 Å². The Morgan fingerprint density at radius 3 is 2.64 bits per heavy atom. The van der Waals surface area contributed by atoms with E-state index in [0.29, 0.717) is 11.3 Å². The van der Waals surface area contributed by atoms with Gasteiger partial charge in [-0.2, -0.15) is 5.23 Å². The maximum absolute atomic E-state index is 11.9. The molecule has 1 unspecified atom stereocenters. The van der Waals surface area contributed by atoms with Gasteiger partial charge in [0, 0.05) is 17.7 Å². The standard InChI is InChI=1S/C15H15N3O3S/c16-15(17-12-7-4-8-13(9-12)18(20)21)22-10-14(19)11-5-2-1-3-6-11/h1-9,18,20H,10H2,(H2,16,17). The van der Waals surface area contributed by atoms with E-state index in [0.717, 1.165) is 11.8 Å². The van der Waals surface area contributed by atoms with E-state index in [1.807, 2.05) is 6.07 Å². The van der Waals surface area contributed by atoms with Crippen LogP contribution in [0, 0.1) is 5.21 Å². The Kier molecular flexibility index (Phi) is 5.68. The number of nitrogens with one attached hydrogen (secondary N) is 1. The Bertz CT molecular complexity index is 675. The van der Waals surface area contributed by atoms with Crippen LogP contribution < -0.4 is 11.0 Å². The average Bonchev–Trinajstić information content (AvgIpc) is 2.53. The molecule has 2 aromatic carbocycles. The summed E-state index contributed by atoms with van der Waals surface area (Å²) in [6.45, 7) is 0. The molecule has 0 aliphatic carbocycles. The first kappa shape index (κ1) is 16.2. The number of hydrogen-bond donors (Lipinski definition) is 3. The summed E-state index contributed by atoms with van der Waals surface area (Å²) in [7, 11) is 0. The summed E-state index contributed by atoms with van der Waals surface area (Å²) in [5.41, 5.74) is 6.97. The lowest BCUT2D eigenvalue weighted by atomic mass is 10.2. The normalized spacial score (nSPS) is 12.9. The van der Waals surface area contributed by atoms with Crippen LogP contribution in [-0.2, 0) is 0 Å². The molecule has 4 N–H and O–H groups in total. The summed E-state index contributed by atoms with van der Waals surface area (Å²) in [5.74, 6) is 0.140. The van der Waals surface area contributed by atoms with Crippen LogP contribution in [0.4, 0.5) is 11.4 Å². The van der Waals surface area contributed by atoms with E-state index < -0.39 is 5.23 Å². The molecule has 0 spiro atoms. The lowest BCUT2D eigenvalue weighted by Crippen LogP contribution is -2.99. The van der Waals surface area contributed by atoms with E-state index >= 15 is 0 Å². The third-order valence-electron chi connectivity index (χ3n) is 2.78. The van der Waals surface area contributed by atoms with Gasteiger partial charge < -0.3 is 10.9 Å². The highest BCUT2D eigenvalue weighted by atomic mass is 32.2. The van der Waals surface area contributed by atoms with Crippen molar-refractivity contribution in [3.63, 3.8) is 0 Å². The molecule has 0 radical (unpaired) electrons. The minimum atomic E-state index is -1.03. The predicted molar refractivity (Wildman–Crippen MR) is 86.7 cm³/mol. The van der Waals surface area contributed by atoms with E-state index in [1.165, 1.54) is 12.1 Å². The summed E-state index contributed by atoms with van der Waals surface area (Å²) < 4.78 is 0. The third kappa shape index (κ3) is 4.68. The first-order valence-corrected chi connectivity index (χ1v) is 7.43. The van der Waals surface area contributed by atoms with Gasteiger partial charge in [0.25, 0.3) is 0 Å². The Morgan fingerprint density at radius 1 is 1.23 bits per heavy atom.